The molecule has 4 aliphatic rings. The van der Waals surface area contributed by atoms with Crippen LogP contribution in [0.1, 0.15) is 31.2 Å². The van der Waals surface area contributed by atoms with Crippen molar-refractivity contribution in [2.24, 2.45) is 17.8 Å². The number of allylic oxidation sites excluding steroid dienone is 6. The van der Waals surface area contributed by atoms with E-state index >= 15 is 0 Å². The van der Waals surface area contributed by atoms with E-state index in [2.05, 4.69) is 5.32 Å². The van der Waals surface area contributed by atoms with Gasteiger partial charge in [-0.3, -0.25) is 24.1 Å². The maximum atomic E-state index is 14.1. The largest absolute Gasteiger partial charge is 0.504 e. The van der Waals surface area contributed by atoms with Crippen LogP contribution in [0.3, 0.4) is 0 Å². The zero-order chi connectivity index (χ0) is 30.7. The van der Waals surface area contributed by atoms with E-state index in [1.807, 2.05) is 48.5 Å². The zero-order valence-electron chi connectivity index (χ0n) is 24.2. The number of imide groups is 1. The molecule has 8 heteroatoms. The van der Waals surface area contributed by atoms with E-state index in [0.29, 0.717) is 34.4 Å². The highest BCUT2D eigenvalue weighted by atomic mass is 16.5. The maximum Gasteiger partial charge on any atom is 0.238 e. The van der Waals surface area contributed by atoms with Crippen molar-refractivity contribution in [1.82, 2.24) is 0 Å². The van der Waals surface area contributed by atoms with E-state index in [1.165, 1.54) is 18.1 Å². The van der Waals surface area contributed by atoms with Gasteiger partial charge in [-0.05, 0) is 85.9 Å². The molecule has 0 aromatic heterocycles. The van der Waals surface area contributed by atoms with Crippen LogP contribution in [-0.2, 0) is 19.2 Å². The third kappa shape index (κ3) is 4.28. The van der Waals surface area contributed by atoms with Gasteiger partial charge in [0.15, 0.2) is 23.1 Å². The van der Waals surface area contributed by atoms with E-state index in [1.54, 1.807) is 37.3 Å². The average Bonchev–Trinajstić information content (AvgIpc) is 3.29. The number of phenols is 1. The number of hydrogen-bond donors (Lipinski definition) is 2. The Morgan fingerprint density at radius 3 is 2.32 bits per heavy atom. The molecule has 1 heterocycles. The number of aromatic hydroxyl groups is 1. The Morgan fingerprint density at radius 2 is 1.61 bits per heavy atom. The fourth-order valence-electron chi connectivity index (χ4n) is 7.26. The fraction of sp³-hybridized carbons (Fsp3) is 0.222. The van der Waals surface area contributed by atoms with Crippen LogP contribution in [0.2, 0.25) is 0 Å². The van der Waals surface area contributed by atoms with Crippen LogP contribution < -0.4 is 15.0 Å². The van der Waals surface area contributed by atoms with Crippen LogP contribution >= 0.6 is 0 Å². The van der Waals surface area contributed by atoms with Crippen molar-refractivity contribution in [3.05, 3.63) is 113 Å². The summed E-state index contributed by atoms with van der Waals surface area (Å²) < 4.78 is 5.23. The molecule has 0 radical (unpaired) electrons. The lowest BCUT2D eigenvalue weighted by molar-refractivity contribution is -0.123. The van der Waals surface area contributed by atoms with Crippen molar-refractivity contribution in [1.29, 1.82) is 0 Å². The number of methoxy groups -OCH3 is 1. The van der Waals surface area contributed by atoms with Crippen LogP contribution in [0, 0.1) is 17.8 Å². The summed E-state index contributed by atoms with van der Waals surface area (Å²) in [5, 5.41) is 13.9. The van der Waals surface area contributed by atoms with Gasteiger partial charge in [0.1, 0.15) is 0 Å². The minimum atomic E-state index is -0.678. The molecule has 3 aromatic carbocycles. The van der Waals surface area contributed by atoms with E-state index in [9.17, 15) is 24.3 Å². The number of amides is 2. The number of benzene rings is 3. The van der Waals surface area contributed by atoms with Gasteiger partial charge in [0.2, 0.25) is 11.8 Å². The molecular weight excluding hydrogens is 556 g/mol. The van der Waals surface area contributed by atoms with Gasteiger partial charge < -0.3 is 15.2 Å². The van der Waals surface area contributed by atoms with Crippen molar-refractivity contribution in [2.75, 3.05) is 17.3 Å². The molecule has 4 unspecified atom stereocenters. The van der Waals surface area contributed by atoms with Gasteiger partial charge in [-0.2, -0.15) is 0 Å². The number of ether oxygens (including phenoxy) is 1. The molecule has 1 aliphatic heterocycles. The number of hydrogen-bond acceptors (Lipinski definition) is 7. The molecule has 2 N–H and O–H groups in total. The van der Waals surface area contributed by atoms with Gasteiger partial charge in [-0.1, -0.05) is 35.9 Å². The van der Waals surface area contributed by atoms with Crippen LogP contribution in [-0.4, -0.2) is 35.6 Å². The Kier molecular flexibility index (Phi) is 6.57. The predicted molar refractivity (Wildman–Crippen MR) is 165 cm³/mol. The number of fused-ring (bicyclic) bond motifs is 3. The topological polar surface area (TPSA) is 113 Å². The monoisotopic (exact) mass is 586 g/mol. The second kappa shape index (κ2) is 10.5. The standard InChI is InChI=1S/C36H30N2O6/c1-19-16-28(39)27-18-26-24(31(33(27)34(19)41)20-8-15-30(44-2)29(40)17-20)13-14-25-32(26)36(43)38(35(25)42)23-11-9-22(10-12-23)37-21-6-4-3-5-7-21/h3-13,15-17,25-26,31-32,37,40H,14,18H2,1-2H3. The summed E-state index contributed by atoms with van der Waals surface area (Å²) in [5.74, 6) is -3.19. The number of ketones is 2. The molecule has 220 valence electrons. The first-order valence-corrected chi connectivity index (χ1v) is 14.6. The molecule has 1 saturated heterocycles. The molecule has 4 atom stereocenters. The zero-order valence-corrected chi connectivity index (χ0v) is 24.2. The molecule has 0 spiro atoms. The summed E-state index contributed by atoms with van der Waals surface area (Å²) in [5.41, 5.74) is 4.80. The first-order valence-electron chi connectivity index (χ1n) is 14.6. The highest BCUT2D eigenvalue weighted by Gasteiger charge is 2.56. The van der Waals surface area contributed by atoms with Crippen LogP contribution in [0.25, 0.3) is 0 Å². The van der Waals surface area contributed by atoms with Crippen molar-refractivity contribution < 1.29 is 29.0 Å². The van der Waals surface area contributed by atoms with Gasteiger partial charge in [0.25, 0.3) is 0 Å². The first-order chi connectivity index (χ1) is 21.3. The van der Waals surface area contributed by atoms with Gasteiger partial charge in [-0.15, -0.1) is 0 Å². The highest BCUT2D eigenvalue weighted by Crippen LogP contribution is 2.56. The third-order valence-electron chi connectivity index (χ3n) is 9.29. The molecule has 2 amide bonds. The number of carbonyl (C=O) groups excluding carboxylic acids is 4. The molecule has 0 saturated carbocycles. The van der Waals surface area contributed by atoms with Crippen LogP contribution in [0.4, 0.5) is 17.1 Å². The Morgan fingerprint density at radius 1 is 0.886 bits per heavy atom. The van der Waals surface area contributed by atoms with Crippen molar-refractivity contribution >= 4 is 40.4 Å². The Labute approximate surface area is 254 Å². The molecule has 3 aromatic rings. The minimum absolute atomic E-state index is 0.0890. The molecule has 0 bridgehead atoms. The Bertz CT molecular complexity index is 1840. The highest BCUT2D eigenvalue weighted by molar-refractivity contribution is 6.25. The number of nitrogens with zero attached hydrogens (tertiary/aromatic N) is 1. The summed E-state index contributed by atoms with van der Waals surface area (Å²) in [4.78, 5) is 56.1. The van der Waals surface area contributed by atoms with E-state index < -0.39 is 23.7 Å². The Hall–Kier alpha value is -5.24. The second-order valence-corrected chi connectivity index (χ2v) is 11.7. The predicted octanol–water partition coefficient (Wildman–Crippen LogP) is 5.78. The quantitative estimate of drug-likeness (QED) is 0.221. The van der Waals surface area contributed by atoms with Crippen molar-refractivity contribution in [2.45, 2.75) is 25.7 Å². The lowest BCUT2D eigenvalue weighted by Gasteiger charge is -2.42. The summed E-state index contributed by atoms with van der Waals surface area (Å²) in [6, 6.07) is 21.8. The maximum absolute atomic E-state index is 14.1. The van der Waals surface area contributed by atoms with E-state index in [-0.39, 0.29) is 41.3 Å². The second-order valence-electron chi connectivity index (χ2n) is 11.7. The molecule has 3 aliphatic carbocycles. The summed E-state index contributed by atoms with van der Waals surface area (Å²) >= 11 is 0. The minimum Gasteiger partial charge on any atom is -0.504 e. The van der Waals surface area contributed by atoms with E-state index in [0.717, 1.165) is 16.9 Å². The number of anilines is 3. The van der Waals surface area contributed by atoms with Gasteiger partial charge in [0, 0.05) is 34.0 Å². The average molecular weight is 587 g/mol. The molecule has 1 fully saturated rings. The fourth-order valence-corrected chi connectivity index (χ4v) is 7.26. The lowest BCUT2D eigenvalue weighted by atomic mass is 9.59. The third-order valence-corrected chi connectivity index (χ3v) is 9.29. The number of carbonyl (C=O) groups is 4. The lowest BCUT2D eigenvalue weighted by Crippen LogP contribution is -2.39. The normalized spacial score (nSPS) is 24.4. The number of Topliss-reactive ketones (excluding diaryl/α,β-unsaturated/α-hetero) is 1. The van der Waals surface area contributed by atoms with Crippen LogP contribution in [0.5, 0.6) is 11.5 Å². The SMILES string of the molecule is COc1ccc(C2C3=CCC4C(=O)N(c5ccc(Nc6ccccc6)cc5)C(=O)C4C3CC3=C2C(=O)C(C)=CC3=O)cc1O. The van der Waals surface area contributed by atoms with Gasteiger partial charge >= 0.3 is 0 Å². The van der Waals surface area contributed by atoms with Gasteiger partial charge in [-0.25, -0.2) is 0 Å². The number of rotatable bonds is 5. The van der Waals surface area contributed by atoms with E-state index in [4.69, 9.17) is 4.74 Å². The molecular formula is C36H30N2O6. The molecule has 44 heavy (non-hydrogen) atoms. The molecule has 8 nitrogen and oxygen atoms in total. The number of para-hydroxylation sites is 1. The number of nitrogens with one attached hydrogen (secondary N) is 1. The smallest absolute Gasteiger partial charge is 0.238 e. The molecule has 7 rings (SSSR count). The van der Waals surface area contributed by atoms with Crippen molar-refractivity contribution in [3.63, 3.8) is 0 Å². The first kappa shape index (κ1) is 27.6. The summed E-state index contributed by atoms with van der Waals surface area (Å²) in [6.07, 6.45) is 3.86. The number of phenolic OH excluding ortho intramolecular Hbond substituents is 1. The van der Waals surface area contributed by atoms with Crippen LogP contribution in [0.15, 0.2) is 107 Å². The Balaban J connectivity index is 1.25. The summed E-state index contributed by atoms with van der Waals surface area (Å²) in [7, 11) is 1.45. The van der Waals surface area contributed by atoms with Gasteiger partial charge in [0.05, 0.1) is 24.6 Å². The summed E-state index contributed by atoms with van der Waals surface area (Å²) in [6.45, 7) is 1.63. The van der Waals surface area contributed by atoms with Crippen molar-refractivity contribution in [3.8, 4) is 11.5 Å².